The summed E-state index contributed by atoms with van der Waals surface area (Å²) >= 11 is 0. The maximum atomic E-state index is 12.1. The first-order chi connectivity index (χ1) is 9.29. The van der Waals surface area contributed by atoms with Crippen LogP contribution in [-0.4, -0.2) is 43.6 Å². The lowest BCUT2D eigenvalue weighted by molar-refractivity contribution is -0.130. The molecule has 2 aromatic heterocycles. The minimum absolute atomic E-state index is 0.0650. The molecule has 0 aliphatic rings. The molecule has 100 valence electrons. The number of amides is 1. The maximum Gasteiger partial charge on any atom is 0.228 e. The quantitative estimate of drug-likeness (QED) is 0.768. The van der Waals surface area contributed by atoms with Gasteiger partial charge in [-0.25, -0.2) is 0 Å². The highest BCUT2D eigenvalue weighted by atomic mass is 16.2. The van der Waals surface area contributed by atoms with Crippen molar-refractivity contribution in [2.75, 3.05) is 13.1 Å². The lowest BCUT2D eigenvalue weighted by Gasteiger charge is -2.20. The van der Waals surface area contributed by atoms with Gasteiger partial charge in [0.05, 0.1) is 18.7 Å². The van der Waals surface area contributed by atoms with Crippen LogP contribution in [0.5, 0.6) is 0 Å². The molecule has 0 unspecified atom stereocenters. The van der Waals surface area contributed by atoms with E-state index in [0.29, 0.717) is 31.7 Å². The highest BCUT2D eigenvalue weighted by Crippen LogP contribution is 1.99. The molecule has 0 saturated carbocycles. The largest absolute Gasteiger partial charge is 0.341 e. The van der Waals surface area contributed by atoms with Crippen LogP contribution in [0, 0.1) is 0 Å². The van der Waals surface area contributed by atoms with E-state index in [1.54, 1.807) is 29.7 Å². The van der Waals surface area contributed by atoms with Crippen molar-refractivity contribution in [3.05, 3.63) is 42.7 Å². The van der Waals surface area contributed by atoms with Gasteiger partial charge in [-0.1, -0.05) is 0 Å². The van der Waals surface area contributed by atoms with Crippen molar-refractivity contribution < 1.29 is 4.79 Å². The summed E-state index contributed by atoms with van der Waals surface area (Å²) in [5.41, 5.74) is 0.699. The van der Waals surface area contributed by atoms with Crippen molar-refractivity contribution in [2.24, 2.45) is 0 Å². The molecule has 2 rings (SSSR count). The molecule has 0 atom stereocenters. The SMILES string of the molecule is CCN(CCn1cccn1)C(=O)Cc1cnccn1. The Balaban J connectivity index is 1.88. The molecule has 0 aliphatic carbocycles. The fraction of sp³-hybridized carbons (Fsp3) is 0.385. The Morgan fingerprint density at radius 1 is 1.37 bits per heavy atom. The Morgan fingerprint density at radius 2 is 2.26 bits per heavy atom. The van der Waals surface area contributed by atoms with Crippen molar-refractivity contribution in [1.29, 1.82) is 0 Å². The summed E-state index contributed by atoms with van der Waals surface area (Å²) < 4.78 is 1.82. The van der Waals surface area contributed by atoms with E-state index in [1.165, 1.54) is 0 Å². The van der Waals surface area contributed by atoms with Gasteiger partial charge in [0.15, 0.2) is 0 Å². The predicted octanol–water partition coefficient (Wildman–Crippen LogP) is 0.764. The van der Waals surface area contributed by atoms with E-state index < -0.39 is 0 Å². The third-order valence-corrected chi connectivity index (χ3v) is 2.84. The molecular weight excluding hydrogens is 242 g/mol. The lowest BCUT2D eigenvalue weighted by Crippen LogP contribution is -2.35. The van der Waals surface area contributed by atoms with Gasteiger partial charge in [-0.15, -0.1) is 0 Å². The van der Waals surface area contributed by atoms with Crippen molar-refractivity contribution in [2.45, 2.75) is 19.9 Å². The van der Waals surface area contributed by atoms with E-state index in [9.17, 15) is 4.79 Å². The first-order valence-electron chi connectivity index (χ1n) is 6.29. The Morgan fingerprint density at radius 3 is 2.89 bits per heavy atom. The highest BCUT2D eigenvalue weighted by molar-refractivity contribution is 5.78. The minimum Gasteiger partial charge on any atom is -0.341 e. The zero-order valence-corrected chi connectivity index (χ0v) is 10.9. The van der Waals surface area contributed by atoms with E-state index in [4.69, 9.17) is 0 Å². The van der Waals surface area contributed by atoms with Gasteiger partial charge >= 0.3 is 0 Å². The maximum absolute atomic E-state index is 12.1. The number of rotatable bonds is 6. The van der Waals surface area contributed by atoms with Crippen molar-refractivity contribution in [3.63, 3.8) is 0 Å². The molecule has 0 bridgehead atoms. The zero-order valence-electron chi connectivity index (χ0n) is 10.9. The standard InChI is InChI=1S/C13H17N5O/c1-2-17(8-9-18-7-3-4-16-18)13(19)10-12-11-14-5-6-15-12/h3-7,11H,2,8-10H2,1H3. The van der Waals surface area contributed by atoms with Crippen LogP contribution in [0.2, 0.25) is 0 Å². The van der Waals surface area contributed by atoms with Crippen LogP contribution in [0.3, 0.4) is 0 Å². The molecule has 0 N–H and O–H groups in total. The molecule has 0 radical (unpaired) electrons. The molecule has 0 spiro atoms. The van der Waals surface area contributed by atoms with Crippen molar-refractivity contribution >= 4 is 5.91 Å². The fourth-order valence-electron chi connectivity index (χ4n) is 1.80. The van der Waals surface area contributed by atoms with Crippen LogP contribution < -0.4 is 0 Å². The average Bonchev–Trinajstić information content (AvgIpc) is 2.94. The van der Waals surface area contributed by atoms with Gasteiger partial charge in [-0.05, 0) is 13.0 Å². The normalized spacial score (nSPS) is 10.4. The molecule has 2 heterocycles. The van der Waals surface area contributed by atoms with Gasteiger partial charge < -0.3 is 4.90 Å². The summed E-state index contributed by atoms with van der Waals surface area (Å²) in [4.78, 5) is 22.0. The molecule has 6 heteroatoms. The molecule has 2 aromatic rings. The number of carbonyl (C=O) groups excluding carboxylic acids is 1. The summed E-state index contributed by atoms with van der Waals surface area (Å²) in [6.07, 6.45) is 8.74. The molecule has 0 fully saturated rings. The second-order valence-corrected chi connectivity index (χ2v) is 4.12. The Kier molecular flexibility index (Phi) is 4.60. The minimum atomic E-state index is 0.0650. The summed E-state index contributed by atoms with van der Waals surface area (Å²) in [5, 5.41) is 4.12. The Bertz CT molecular complexity index is 497. The smallest absolute Gasteiger partial charge is 0.228 e. The van der Waals surface area contributed by atoms with E-state index in [0.717, 1.165) is 0 Å². The Hall–Kier alpha value is -2.24. The van der Waals surface area contributed by atoms with Crippen molar-refractivity contribution in [3.8, 4) is 0 Å². The van der Waals surface area contributed by atoms with Gasteiger partial charge in [0.2, 0.25) is 5.91 Å². The van der Waals surface area contributed by atoms with E-state index in [-0.39, 0.29) is 5.91 Å². The summed E-state index contributed by atoms with van der Waals surface area (Å²) in [6.45, 7) is 4.00. The third kappa shape index (κ3) is 3.87. The second kappa shape index (κ2) is 6.63. The molecule has 0 aromatic carbocycles. The van der Waals surface area contributed by atoms with Crippen LogP contribution in [0.25, 0.3) is 0 Å². The number of hydrogen-bond donors (Lipinski definition) is 0. The molecule has 1 amide bonds. The first kappa shape index (κ1) is 13.2. The monoisotopic (exact) mass is 259 g/mol. The zero-order chi connectivity index (χ0) is 13.5. The van der Waals surface area contributed by atoms with Gasteiger partial charge in [0.1, 0.15) is 0 Å². The lowest BCUT2D eigenvalue weighted by atomic mass is 10.3. The van der Waals surface area contributed by atoms with Gasteiger partial charge in [0, 0.05) is 44.1 Å². The Labute approximate surface area is 112 Å². The molecule has 0 saturated heterocycles. The molecule has 19 heavy (non-hydrogen) atoms. The number of likely N-dealkylation sites (N-methyl/N-ethyl adjacent to an activating group) is 1. The van der Waals surface area contributed by atoms with Crippen LogP contribution in [0.15, 0.2) is 37.1 Å². The summed E-state index contributed by atoms with van der Waals surface area (Å²) in [6, 6.07) is 1.87. The predicted molar refractivity (Wildman–Crippen MR) is 70.2 cm³/mol. The molecule has 0 aliphatic heterocycles. The van der Waals surface area contributed by atoms with Gasteiger partial charge in [0.25, 0.3) is 0 Å². The van der Waals surface area contributed by atoms with Crippen molar-refractivity contribution in [1.82, 2.24) is 24.6 Å². The average molecular weight is 259 g/mol. The summed E-state index contributed by atoms with van der Waals surface area (Å²) in [5.74, 6) is 0.0650. The van der Waals surface area contributed by atoms with Crippen LogP contribution >= 0.6 is 0 Å². The number of hydrogen-bond acceptors (Lipinski definition) is 4. The van der Waals surface area contributed by atoms with Crippen LogP contribution in [0.1, 0.15) is 12.6 Å². The van der Waals surface area contributed by atoms with Crippen LogP contribution in [-0.2, 0) is 17.8 Å². The van der Waals surface area contributed by atoms with E-state index >= 15 is 0 Å². The molecule has 6 nitrogen and oxygen atoms in total. The highest BCUT2D eigenvalue weighted by Gasteiger charge is 2.12. The number of nitrogens with zero attached hydrogens (tertiary/aromatic N) is 5. The topological polar surface area (TPSA) is 63.9 Å². The van der Waals surface area contributed by atoms with E-state index in [1.807, 2.05) is 23.9 Å². The van der Waals surface area contributed by atoms with E-state index in [2.05, 4.69) is 15.1 Å². The first-order valence-corrected chi connectivity index (χ1v) is 6.29. The number of carbonyl (C=O) groups is 1. The van der Waals surface area contributed by atoms with Gasteiger partial charge in [-0.3, -0.25) is 19.4 Å². The summed E-state index contributed by atoms with van der Waals surface area (Å²) in [7, 11) is 0. The second-order valence-electron chi connectivity index (χ2n) is 4.12. The fourth-order valence-corrected chi connectivity index (χ4v) is 1.80. The molecular formula is C13H17N5O. The third-order valence-electron chi connectivity index (χ3n) is 2.84. The van der Waals surface area contributed by atoms with Gasteiger partial charge in [-0.2, -0.15) is 5.10 Å². The number of aromatic nitrogens is 4. The van der Waals surface area contributed by atoms with Crippen LogP contribution in [0.4, 0.5) is 0 Å².